The van der Waals surface area contributed by atoms with Gasteiger partial charge in [0.25, 0.3) is 0 Å². The van der Waals surface area contributed by atoms with Gasteiger partial charge in [0.1, 0.15) is 5.69 Å². The average molecular weight is 291 g/mol. The summed E-state index contributed by atoms with van der Waals surface area (Å²) in [6, 6.07) is 19.7. The molecule has 3 aromatic rings. The molecule has 110 valence electrons. The third-order valence-corrected chi connectivity index (χ3v) is 3.53. The first-order valence-corrected chi connectivity index (χ1v) is 7.19. The topological polar surface area (TPSA) is 72.0 Å². The molecule has 2 aromatic carbocycles. The van der Waals surface area contributed by atoms with E-state index in [9.17, 15) is 5.11 Å². The number of rotatable bonds is 4. The van der Waals surface area contributed by atoms with Crippen molar-refractivity contribution in [2.45, 2.75) is 12.8 Å². The van der Waals surface area contributed by atoms with E-state index < -0.39 is 0 Å². The molecule has 1 aromatic heterocycles. The van der Waals surface area contributed by atoms with Crippen LogP contribution in [0.15, 0.2) is 60.7 Å². The fraction of sp³-hybridized carbons (Fsp3) is 0.111. The SMILES string of the molecule is Nc1c(O)nc(-c2ccccc2)nc1CCc1ccccc1. The second-order valence-corrected chi connectivity index (χ2v) is 5.08. The molecule has 0 aliphatic carbocycles. The lowest BCUT2D eigenvalue weighted by Gasteiger charge is -2.09. The maximum Gasteiger partial charge on any atom is 0.238 e. The molecule has 0 atom stereocenters. The second-order valence-electron chi connectivity index (χ2n) is 5.08. The number of aromatic nitrogens is 2. The van der Waals surface area contributed by atoms with Crippen LogP contribution in [0, 0.1) is 0 Å². The van der Waals surface area contributed by atoms with Crippen molar-refractivity contribution in [2.75, 3.05) is 5.73 Å². The van der Waals surface area contributed by atoms with E-state index in [2.05, 4.69) is 22.1 Å². The molecule has 3 rings (SSSR count). The maximum absolute atomic E-state index is 9.96. The van der Waals surface area contributed by atoms with E-state index in [1.54, 1.807) is 0 Å². The lowest BCUT2D eigenvalue weighted by atomic mass is 10.1. The molecular formula is C18H17N3O. The molecule has 3 N–H and O–H groups in total. The van der Waals surface area contributed by atoms with Crippen LogP contribution in [0.2, 0.25) is 0 Å². The van der Waals surface area contributed by atoms with Crippen molar-refractivity contribution < 1.29 is 5.11 Å². The molecule has 0 bridgehead atoms. The standard InChI is InChI=1S/C18H17N3O/c19-16-15(12-11-13-7-3-1-4-8-13)20-17(21-18(16)22)14-9-5-2-6-10-14/h1-10H,11-12,19H2,(H,20,21,22). The van der Waals surface area contributed by atoms with Gasteiger partial charge in [-0.05, 0) is 18.4 Å². The zero-order valence-corrected chi connectivity index (χ0v) is 12.1. The van der Waals surface area contributed by atoms with Crippen LogP contribution < -0.4 is 5.73 Å². The van der Waals surface area contributed by atoms with E-state index in [1.165, 1.54) is 5.56 Å². The Morgan fingerprint density at radius 1 is 0.818 bits per heavy atom. The van der Waals surface area contributed by atoms with Crippen molar-refractivity contribution in [3.63, 3.8) is 0 Å². The Hall–Kier alpha value is -2.88. The molecule has 0 saturated heterocycles. The predicted molar refractivity (Wildman–Crippen MR) is 87.4 cm³/mol. The largest absolute Gasteiger partial charge is 0.492 e. The number of anilines is 1. The van der Waals surface area contributed by atoms with Crippen LogP contribution >= 0.6 is 0 Å². The minimum atomic E-state index is -0.156. The van der Waals surface area contributed by atoms with Crippen molar-refractivity contribution >= 4 is 5.69 Å². The van der Waals surface area contributed by atoms with Gasteiger partial charge in [-0.25, -0.2) is 4.98 Å². The van der Waals surface area contributed by atoms with E-state index in [4.69, 9.17) is 5.73 Å². The normalized spacial score (nSPS) is 10.5. The molecule has 0 unspecified atom stereocenters. The Bertz CT molecular complexity index is 758. The average Bonchev–Trinajstić information content (AvgIpc) is 2.58. The van der Waals surface area contributed by atoms with Crippen LogP contribution in [-0.2, 0) is 12.8 Å². The van der Waals surface area contributed by atoms with E-state index >= 15 is 0 Å². The fourth-order valence-electron chi connectivity index (χ4n) is 2.32. The molecule has 4 nitrogen and oxygen atoms in total. The Labute approximate surface area is 129 Å². The van der Waals surface area contributed by atoms with Crippen LogP contribution in [0.1, 0.15) is 11.3 Å². The molecule has 4 heteroatoms. The predicted octanol–water partition coefficient (Wildman–Crippen LogP) is 3.22. The molecule has 0 radical (unpaired) electrons. The molecule has 0 fully saturated rings. The van der Waals surface area contributed by atoms with Gasteiger partial charge in [-0.3, -0.25) is 0 Å². The minimum absolute atomic E-state index is 0.156. The third-order valence-electron chi connectivity index (χ3n) is 3.53. The van der Waals surface area contributed by atoms with Gasteiger partial charge in [-0.1, -0.05) is 60.7 Å². The van der Waals surface area contributed by atoms with Crippen molar-refractivity contribution in [1.82, 2.24) is 9.97 Å². The Balaban J connectivity index is 1.89. The van der Waals surface area contributed by atoms with Crippen molar-refractivity contribution in [3.05, 3.63) is 71.9 Å². The molecule has 1 heterocycles. The van der Waals surface area contributed by atoms with Crippen LogP contribution in [0.3, 0.4) is 0 Å². The van der Waals surface area contributed by atoms with Gasteiger partial charge in [0.05, 0.1) is 5.69 Å². The van der Waals surface area contributed by atoms with Gasteiger partial charge < -0.3 is 10.8 Å². The van der Waals surface area contributed by atoms with Crippen LogP contribution in [-0.4, -0.2) is 15.1 Å². The first-order valence-electron chi connectivity index (χ1n) is 7.19. The molecule has 0 spiro atoms. The number of hydrogen-bond acceptors (Lipinski definition) is 4. The summed E-state index contributed by atoms with van der Waals surface area (Å²) in [5.74, 6) is 0.340. The quantitative estimate of drug-likeness (QED) is 0.774. The smallest absolute Gasteiger partial charge is 0.238 e. The highest BCUT2D eigenvalue weighted by atomic mass is 16.3. The Kier molecular flexibility index (Phi) is 4.01. The summed E-state index contributed by atoms with van der Waals surface area (Å²) >= 11 is 0. The van der Waals surface area contributed by atoms with Gasteiger partial charge in [0.15, 0.2) is 5.82 Å². The second kappa shape index (κ2) is 6.26. The number of aryl methyl sites for hydroxylation is 2. The summed E-state index contributed by atoms with van der Waals surface area (Å²) in [5.41, 5.74) is 8.92. The number of hydrogen-bond donors (Lipinski definition) is 2. The molecule has 0 aliphatic rings. The number of nitrogen functional groups attached to an aromatic ring is 1. The van der Waals surface area contributed by atoms with E-state index in [-0.39, 0.29) is 11.6 Å². The molecule has 0 saturated carbocycles. The Morgan fingerprint density at radius 2 is 1.45 bits per heavy atom. The monoisotopic (exact) mass is 291 g/mol. The van der Waals surface area contributed by atoms with Crippen LogP contribution in [0.4, 0.5) is 5.69 Å². The highest BCUT2D eigenvalue weighted by Crippen LogP contribution is 2.26. The Morgan fingerprint density at radius 3 is 2.14 bits per heavy atom. The zero-order chi connectivity index (χ0) is 15.4. The number of nitrogens with two attached hydrogens (primary N) is 1. The van der Waals surface area contributed by atoms with Gasteiger partial charge >= 0.3 is 0 Å². The van der Waals surface area contributed by atoms with E-state index in [0.29, 0.717) is 17.9 Å². The summed E-state index contributed by atoms with van der Waals surface area (Å²) in [4.78, 5) is 8.60. The van der Waals surface area contributed by atoms with Crippen molar-refractivity contribution in [2.24, 2.45) is 0 Å². The van der Waals surface area contributed by atoms with Crippen molar-refractivity contribution in [1.29, 1.82) is 0 Å². The molecule has 0 aliphatic heterocycles. The van der Waals surface area contributed by atoms with Crippen LogP contribution in [0.25, 0.3) is 11.4 Å². The van der Waals surface area contributed by atoms with Gasteiger partial charge in [0, 0.05) is 5.56 Å². The number of aromatic hydroxyl groups is 1. The zero-order valence-electron chi connectivity index (χ0n) is 12.1. The molecular weight excluding hydrogens is 274 g/mol. The number of benzene rings is 2. The lowest BCUT2D eigenvalue weighted by molar-refractivity contribution is 0.454. The highest BCUT2D eigenvalue weighted by molar-refractivity contribution is 5.61. The highest BCUT2D eigenvalue weighted by Gasteiger charge is 2.12. The van der Waals surface area contributed by atoms with Gasteiger partial charge in [0.2, 0.25) is 5.88 Å². The summed E-state index contributed by atoms with van der Waals surface area (Å²) in [6.45, 7) is 0. The van der Waals surface area contributed by atoms with E-state index in [0.717, 1.165) is 12.0 Å². The van der Waals surface area contributed by atoms with Crippen LogP contribution in [0.5, 0.6) is 5.88 Å². The van der Waals surface area contributed by atoms with Crippen molar-refractivity contribution in [3.8, 4) is 17.3 Å². The summed E-state index contributed by atoms with van der Waals surface area (Å²) in [6.07, 6.45) is 1.47. The van der Waals surface area contributed by atoms with E-state index in [1.807, 2.05) is 48.5 Å². The number of nitrogens with zero attached hydrogens (tertiary/aromatic N) is 2. The molecule has 22 heavy (non-hydrogen) atoms. The third kappa shape index (κ3) is 3.06. The minimum Gasteiger partial charge on any atom is -0.492 e. The molecule has 0 amide bonds. The fourth-order valence-corrected chi connectivity index (χ4v) is 2.32. The first-order chi connectivity index (χ1) is 10.7. The summed E-state index contributed by atoms with van der Waals surface area (Å²) in [7, 11) is 0. The van der Waals surface area contributed by atoms with Gasteiger partial charge in [-0.2, -0.15) is 4.98 Å². The first kappa shape index (κ1) is 14.1. The summed E-state index contributed by atoms with van der Waals surface area (Å²) in [5, 5.41) is 9.96. The van der Waals surface area contributed by atoms with Gasteiger partial charge in [-0.15, -0.1) is 0 Å². The lowest BCUT2D eigenvalue weighted by Crippen LogP contribution is -2.04. The summed E-state index contributed by atoms with van der Waals surface area (Å²) < 4.78 is 0. The maximum atomic E-state index is 9.96.